The third-order valence-electron chi connectivity index (χ3n) is 11.5. The predicted octanol–water partition coefficient (Wildman–Crippen LogP) is 5.97. The molecule has 0 nitrogen and oxygen atoms in total. The van der Waals surface area contributed by atoms with Crippen LogP contribution in [0, 0.1) is 19.3 Å². The molecule has 0 heterocycles. The first kappa shape index (κ1) is 36.9. The molecule has 0 atom stereocenters. The largest absolute Gasteiger partial charge is 1.00 e. The fraction of sp³-hybridized carbons (Fsp3) is 0.298. The van der Waals surface area contributed by atoms with Crippen molar-refractivity contribution in [2.45, 2.75) is 86.0 Å². The van der Waals surface area contributed by atoms with Crippen LogP contribution in [0.3, 0.4) is 0 Å². The molecule has 8 rings (SSSR count). The molecule has 0 aromatic heterocycles. The van der Waals surface area contributed by atoms with Gasteiger partial charge in [-0.2, -0.15) is 0 Å². The van der Waals surface area contributed by atoms with Gasteiger partial charge in [-0.05, 0) is 0 Å². The van der Waals surface area contributed by atoms with Crippen molar-refractivity contribution < 1.29 is 46.1 Å². The van der Waals surface area contributed by atoms with Crippen LogP contribution in [0.5, 0.6) is 0 Å². The van der Waals surface area contributed by atoms with Gasteiger partial charge in [0.1, 0.15) is 0 Å². The Morgan fingerprint density at radius 3 is 1.76 bits per heavy atom. The molecular weight excluding hydrogens is 727 g/mol. The van der Waals surface area contributed by atoms with Crippen LogP contribution in [0.15, 0.2) is 103 Å². The maximum atomic E-state index is 2.66. The molecule has 0 aliphatic heterocycles. The standard InChI is InChI=1S/C23H21.C15H14.C9H13.2ClH.Zr/c1-22(2)7-5-14-10-18-16(12-20(14)22)9-17-13-21-15(11-19(17)18)6-8-23(21,3)4;1-12-3-7-14(8-4-12)11-15-9-5-13(2)6-10-15;1-9(2,3)8-6-4-5-7-8;;;/h5-7,10-13H,9H2,1-4H3;3-10H,1-2H3;6-7H,4H2,1-3H3;2*1H;/q;;;;;+2/p-2. The number of aryl methyl sites for hydroxylation is 2. The molecule has 0 radical (unpaired) electrons. The van der Waals surface area contributed by atoms with E-state index < -0.39 is 21.3 Å². The molecule has 4 aromatic carbocycles. The molecule has 0 N–H and O–H groups in total. The molecule has 4 aliphatic carbocycles. The third-order valence-corrected chi connectivity index (χ3v) is 19.8. The second-order valence-electron chi connectivity index (χ2n) is 16.9. The zero-order valence-corrected chi connectivity index (χ0v) is 35.0. The summed E-state index contributed by atoms with van der Waals surface area (Å²) in [6.45, 7) is 21.2. The van der Waals surface area contributed by atoms with Gasteiger partial charge in [-0.25, -0.2) is 0 Å². The second kappa shape index (κ2) is 13.0. The van der Waals surface area contributed by atoms with E-state index in [0.29, 0.717) is 0 Å². The van der Waals surface area contributed by atoms with Gasteiger partial charge in [0.2, 0.25) is 0 Å². The maximum absolute atomic E-state index is 2.75. The first-order chi connectivity index (χ1) is 22.7. The van der Waals surface area contributed by atoms with Crippen molar-refractivity contribution >= 4 is 15.4 Å². The molecule has 254 valence electrons. The van der Waals surface area contributed by atoms with E-state index in [1.54, 1.807) is 9.77 Å². The number of halogens is 2. The van der Waals surface area contributed by atoms with E-state index in [0.717, 1.165) is 12.8 Å². The molecule has 4 aliphatic rings. The molecule has 0 unspecified atom stereocenters. The quantitative estimate of drug-likeness (QED) is 0.212. The topological polar surface area (TPSA) is 0 Å². The van der Waals surface area contributed by atoms with Crippen molar-refractivity contribution in [3.05, 3.63) is 159 Å². The number of benzene rings is 4. The Morgan fingerprint density at radius 1 is 0.680 bits per heavy atom. The monoisotopic (exact) mass is 772 g/mol. The fourth-order valence-electron chi connectivity index (χ4n) is 8.52. The zero-order chi connectivity index (χ0) is 33.7. The summed E-state index contributed by atoms with van der Waals surface area (Å²) in [4.78, 5) is 0. The number of hydrogen-bond acceptors (Lipinski definition) is 0. The second-order valence-corrected chi connectivity index (χ2v) is 22.8. The summed E-state index contributed by atoms with van der Waals surface area (Å²) in [5.41, 5.74) is 18.9. The third kappa shape index (κ3) is 6.10. The molecule has 4 aromatic rings. The maximum Gasteiger partial charge on any atom is -1.00 e. The number of allylic oxidation sites excluding steroid dienone is 6. The SMILES string of the molecule is Cc1ccc([C](c2ccc(C)cc2)=[Zr+2]([C]2=CC(C(C)(C)C)=CC2)[C]2=Cc3cc4c(cc3C2(C)C)Cc2cc3c(cc2-4)C=CC3(C)C)cc1.[Cl-].[Cl-]. The molecule has 50 heavy (non-hydrogen) atoms. The van der Waals surface area contributed by atoms with Crippen molar-refractivity contribution in [3.63, 3.8) is 0 Å². The number of fused-ring (bicyclic) bond motifs is 5. The van der Waals surface area contributed by atoms with Gasteiger partial charge in [-0.15, -0.1) is 0 Å². The minimum absolute atomic E-state index is 0. The summed E-state index contributed by atoms with van der Waals surface area (Å²) >= 11 is -2.75. The van der Waals surface area contributed by atoms with Gasteiger partial charge in [0.05, 0.1) is 0 Å². The van der Waals surface area contributed by atoms with Crippen molar-refractivity contribution in [2.24, 2.45) is 5.41 Å². The minimum atomic E-state index is -2.75. The summed E-state index contributed by atoms with van der Waals surface area (Å²) in [5.74, 6) is 0. The Kier molecular flexibility index (Phi) is 9.60. The van der Waals surface area contributed by atoms with Gasteiger partial charge in [-0.1, -0.05) is 0 Å². The first-order valence-electron chi connectivity index (χ1n) is 17.8. The van der Waals surface area contributed by atoms with Gasteiger partial charge in [-0.3, -0.25) is 0 Å². The van der Waals surface area contributed by atoms with Crippen LogP contribution in [0.25, 0.3) is 23.3 Å². The Balaban J connectivity index is 0.00000216. The van der Waals surface area contributed by atoms with Crippen LogP contribution >= 0.6 is 0 Å². The molecule has 0 amide bonds. The van der Waals surface area contributed by atoms with Crippen LogP contribution in [-0.4, -0.2) is 3.21 Å². The first-order valence-corrected chi connectivity index (χ1v) is 21.5. The molecule has 3 heteroatoms. The van der Waals surface area contributed by atoms with Crippen molar-refractivity contribution in [3.8, 4) is 11.1 Å². The molecule has 0 spiro atoms. The van der Waals surface area contributed by atoms with Crippen LogP contribution in [0.1, 0.15) is 111 Å². The Bertz CT molecular complexity index is 2140. The predicted molar refractivity (Wildman–Crippen MR) is 204 cm³/mol. The van der Waals surface area contributed by atoms with E-state index in [4.69, 9.17) is 0 Å². The average molecular weight is 775 g/mol. The van der Waals surface area contributed by atoms with Gasteiger partial charge < -0.3 is 24.8 Å². The summed E-state index contributed by atoms with van der Waals surface area (Å²) in [5, 5.41) is 0. The molecular formula is C47H48Cl2Zr. The Morgan fingerprint density at radius 2 is 1.22 bits per heavy atom. The summed E-state index contributed by atoms with van der Waals surface area (Å²) in [7, 11) is 0. The van der Waals surface area contributed by atoms with Gasteiger partial charge >= 0.3 is 298 Å². The normalized spacial score (nSPS) is 16.8. The van der Waals surface area contributed by atoms with Crippen LogP contribution in [-0.2, 0) is 38.5 Å². The average Bonchev–Trinajstić information content (AvgIpc) is 3.79. The zero-order valence-electron chi connectivity index (χ0n) is 31.0. The summed E-state index contributed by atoms with van der Waals surface area (Å²) in [6, 6.07) is 29.0. The summed E-state index contributed by atoms with van der Waals surface area (Å²) in [6.07, 6.45) is 14.6. The van der Waals surface area contributed by atoms with Crippen molar-refractivity contribution in [1.82, 2.24) is 0 Å². The van der Waals surface area contributed by atoms with E-state index in [2.05, 4.69) is 165 Å². The summed E-state index contributed by atoms with van der Waals surface area (Å²) < 4.78 is 5.02. The Hall–Kier alpha value is -2.83. The molecule has 0 fully saturated rings. The van der Waals surface area contributed by atoms with Crippen molar-refractivity contribution in [1.29, 1.82) is 0 Å². The number of hydrogen-bond donors (Lipinski definition) is 0. The van der Waals surface area contributed by atoms with E-state index in [-0.39, 0.29) is 41.1 Å². The molecule has 0 saturated carbocycles. The fourth-order valence-corrected chi connectivity index (χ4v) is 17.2. The van der Waals surface area contributed by atoms with Gasteiger partial charge in [0, 0.05) is 0 Å². The van der Waals surface area contributed by atoms with E-state index in [1.807, 2.05) is 0 Å². The smallest absolute Gasteiger partial charge is 1.00 e. The van der Waals surface area contributed by atoms with Crippen molar-refractivity contribution in [2.75, 3.05) is 0 Å². The Labute approximate surface area is 320 Å². The minimum Gasteiger partial charge on any atom is -1.00 e. The molecule has 0 saturated heterocycles. The molecule has 0 bridgehead atoms. The van der Waals surface area contributed by atoms with E-state index >= 15 is 0 Å². The van der Waals surface area contributed by atoms with Gasteiger partial charge in [0.15, 0.2) is 0 Å². The van der Waals surface area contributed by atoms with Gasteiger partial charge in [0.25, 0.3) is 0 Å². The van der Waals surface area contributed by atoms with E-state index in [1.165, 1.54) is 72.3 Å². The van der Waals surface area contributed by atoms with Crippen LogP contribution < -0.4 is 24.8 Å². The number of rotatable bonds is 4. The van der Waals surface area contributed by atoms with Crippen LogP contribution in [0.4, 0.5) is 0 Å². The van der Waals surface area contributed by atoms with Crippen LogP contribution in [0.2, 0.25) is 0 Å². The van der Waals surface area contributed by atoms with E-state index in [9.17, 15) is 0 Å².